The Balaban J connectivity index is 2.06. The number of ether oxygens (including phenoxy) is 2. The molecule has 4 atom stereocenters. The summed E-state index contributed by atoms with van der Waals surface area (Å²) in [6.45, 7) is 1.52. The molecule has 2 saturated heterocycles. The Morgan fingerprint density at radius 2 is 1.68 bits per heavy atom. The van der Waals surface area contributed by atoms with Gasteiger partial charge < -0.3 is 9.47 Å². The van der Waals surface area contributed by atoms with E-state index in [1.54, 1.807) is 0 Å². The van der Waals surface area contributed by atoms with Crippen molar-refractivity contribution in [2.24, 2.45) is 16.7 Å². The van der Waals surface area contributed by atoms with E-state index in [1.807, 2.05) is 18.2 Å². The van der Waals surface area contributed by atoms with Crippen LogP contribution in [0.25, 0.3) is 0 Å². The van der Waals surface area contributed by atoms with Crippen LogP contribution in [-0.2, 0) is 15.3 Å². The first-order valence-electron chi connectivity index (χ1n) is 9.13. The Hall–Kier alpha value is -3.32. The van der Waals surface area contributed by atoms with Gasteiger partial charge in [0.05, 0.1) is 24.1 Å². The lowest BCUT2D eigenvalue weighted by molar-refractivity contribution is -0.289. The molecule has 0 spiro atoms. The molecule has 2 aromatic rings. The highest BCUT2D eigenvalue weighted by Gasteiger charge is 2.79. The minimum Gasteiger partial charge on any atom is -0.443 e. The first-order valence-corrected chi connectivity index (χ1v) is 9.92. The van der Waals surface area contributed by atoms with Crippen molar-refractivity contribution in [3.05, 3.63) is 69.7 Å². The van der Waals surface area contributed by atoms with Crippen LogP contribution in [0, 0.1) is 67.8 Å². The molecule has 4 unspecified atom stereocenters. The van der Waals surface area contributed by atoms with Crippen molar-refractivity contribution >= 4 is 21.8 Å². The van der Waals surface area contributed by atoms with Crippen LogP contribution in [0.5, 0.6) is 0 Å². The van der Waals surface area contributed by atoms with E-state index in [-0.39, 0.29) is 11.1 Å². The molecule has 2 aromatic carbocycles. The van der Waals surface area contributed by atoms with E-state index in [0.29, 0.717) is 4.47 Å². The molecule has 154 valence electrons. The third-order valence-electron chi connectivity index (χ3n) is 6.16. The highest BCUT2D eigenvalue weighted by Crippen LogP contribution is 2.69. The lowest BCUT2D eigenvalue weighted by Crippen LogP contribution is -2.57. The molecule has 2 fully saturated rings. The normalized spacial score (nSPS) is 30.5. The predicted octanol–water partition coefficient (Wildman–Crippen LogP) is 4.84. The molecule has 31 heavy (non-hydrogen) atoms. The molecule has 1 N–H and O–H groups in total. The van der Waals surface area contributed by atoms with Crippen molar-refractivity contribution in [1.82, 2.24) is 0 Å². The molecule has 2 heterocycles. The van der Waals surface area contributed by atoms with Crippen molar-refractivity contribution < 1.29 is 18.3 Å². The van der Waals surface area contributed by atoms with Crippen LogP contribution in [0.15, 0.2) is 46.9 Å². The summed E-state index contributed by atoms with van der Waals surface area (Å²) in [7, 11) is 0. The molecule has 4 rings (SSSR count). The van der Waals surface area contributed by atoms with Gasteiger partial charge in [0.1, 0.15) is 17.7 Å². The van der Waals surface area contributed by atoms with E-state index in [0.717, 1.165) is 18.2 Å². The van der Waals surface area contributed by atoms with Gasteiger partial charge in [0.15, 0.2) is 5.41 Å². The fraction of sp³-hybridized carbons (Fsp3) is 0.273. The lowest BCUT2D eigenvalue weighted by Gasteiger charge is -2.48. The van der Waals surface area contributed by atoms with Crippen LogP contribution in [-0.4, -0.2) is 5.90 Å². The van der Waals surface area contributed by atoms with Gasteiger partial charge in [-0.25, -0.2) is 8.78 Å². The highest BCUT2D eigenvalue weighted by atomic mass is 79.9. The second-order valence-electron chi connectivity index (χ2n) is 7.44. The van der Waals surface area contributed by atoms with Crippen molar-refractivity contribution in [2.75, 3.05) is 0 Å². The smallest absolute Gasteiger partial charge is 0.244 e. The number of rotatable bonds is 2. The standard InChI is InChI=1S/C22H13BrF2N4O2/c1-12-21(11-28)19(29)31-22(12,13-2-5-15(24)6-3-13)30-18(20(21,9-26)10-27)16-7-4-14(23)8-17(16)25/h2-8,12,18,29H,1H3. The average molecular weight is 483 g/mol. The third-order valence-corrected chi connectivity index (χ3v) is 6.65. The molecule has 0 saturated carbocycles. The van der Waals surface area contributed by atoms with Crippen molar-refractivity contribution in [2.45, 2.75) is 18.8 Å². The maximum absolute atomic E-state index is 15.0. The first kappa shape index (κ1) is 20.9. The Bertz CT molecular complexity index is 1220. The van der Waals surface area contributed by atoms with Gasteiger partial charge in [-0.1, -0.05) is 28.9 Å². The maximum atomic E-state index is 15.0. The van der Waals surface area contributed by atoms with Crippen LogP contribution in [0.2, 0.25) is 0 Å². The van der Waals surface area contributed by atoms with E-state index >= 15 is 0 Å². The van der Waals surface area contributed by atoms with E-state index in [2.05, 4.69) is 15.9 Å². The van der Waals surface area contributed by atoms with E-state index in [1.165, 1.54) is 31.2 Å². The van der Waals surface area contributed by atoms with E-state index in [4.69, 9.17) is 14.9 Å². The van der Waals surface area contributed by atoms with Gasteiger partial charge in [0, 0.05) is 15.6 Å². The Labute approximate surface area is 184 Å². The van der Waals surface area contributed by atoms with Crippen molar-refractivity contribution in [1.29, 1.82) is 21.2 Å². The summed E-state index contributed by atoms with van der Waals surface area (Å²) in [6, 6.07) is 14.7. The number of nitriles is 3. The van der Waals surface area contributed by atoms with E-state index in [9.17, 15) is 24.6 Å². The quantitative estimate of drug-likeness (QED) is 0.657. The first-order chi connectivity index (χ1) is 14.7. The van der Waals surface area contributed by atoms with Crippen LogP contribution in [0.1, 0.15) is 24.2 Å². The van der Waals surface area contributed by atoms with Crippen LogP contribution in [0.3, 0.4) is 0 Å². The zero-order chi connectivity index (χ0) is 22.6. The second-order valence-corrected chi connectivity index (χ2v) is 8.36. The number of nitrogens with one attached hydrogen (secondary N) is 1. The summed E-state index contributed by atoms with van der Waals surface area (Å²) in [5.74, 6) is -4.74. The summed E-state index contributed by atoms with van der Waals surface area (Å²) in [6.07, 6.45) is -1.57. The largest absolute Gasteiger partial charge is 0.443 e. The second kappa shape index (κ2) is 6.85. The van der Waals surface area contributed by atoms with E-state index < -0.39 is 46.2 Å². The van der Waals surface area contributed by atoms with Gasteiger partial charge in [-0.05, 0) is 36.4 Å². The predicted molar refractivity (Wildman–Crippen MR) is 106 cm³/mol. The topological polar surface area (TPSA) is 114 Å². The molecule has 2 bridgehead atoms. The van der Waals surface area contributed by atoms with Crippen LogP contribution < -0.4 is 0 Å². The number of fused-ring (bicyclic) bond motifs is 2. The number of hydrogen-bond donors (Lipinski definition) is 1. The average Bonchev–Trinajstić information content (AvgIpc) is 2.91. The van der Waals surface area contributed by atoms with Gasteiger partial charge in [0.25, 0.3) is 0 Å². The molecule has 0 radical (unpaired) electrons. The van der Waals surface area contributed by atoms with Gasteiger partial charge in [-0.3, -0.25) is 5.41 Å². The maximum Gasteiger partial charge on any atom is 0.244 e. The van der Waals surface area contributed by atoms with Crippen LogP contribution >= 0.6 is 15.9 Å². The zero-order valence-electron chi connectivity index (χ0n) is 16.0. The molecule has 0 amide bonds. The highest BCUT2D eigenvalue weighted by molar-refractivity contribution is 9.10. The fourth-order valence-electron chi connectivity index (χ4n) is 4.54. The van der Waals surface area contributed by atoms with Gasteiger partial charge in [-0.2, -0.15) is 15.8 Å². The Kier molecular flexibility index (Phi) is 4.63. The molecule has 9 heteroatoms. The van der Waals surface area contributed by atoms with Gasteiger partial charge in [-0.15, -0.1) is 0 Å². The molecular weight excluding hydrogens is 470 g/mol. The third kappa shape index (κ3) is 2.44. The minimum absolute atomic E-state index is 0.136. The summed E-state index contributed by atoms with van der Waals surface area (Å²) >= 11 is 3.16. The van der Waals surface area contributed by atoms with Gasteiger partial charge in [0.2, 0.25) is 17.1 Å². The zero-order valence-corrected chi connectivity index (χ0v) is 17.6. The minimum atomic E-state index is -2.28. The molecule has 6 nitrogen and oxygen atoms in total. The summed E-state index contributed by atoms with van der Waals surface area (Å²) < 4.78 is 40.9. The van der Waals surface area contributed by atoms with Crippen molar-refractivity contribution in [3.63, 3.8) is 0 Å². The fourth-order valence-corrected chi connectivity index (χ4v) is 4.88. The summed E-state index contributed by atoms with van der Waals surface area (Å²) in [5, 5.41) is 38.9. The number of halogens is 3. The number of hydrogen-bond acceptors (Lipinski definition) is 6. The Morgan fingerprint density at radius 3 is 2.23 bits per heavy atom. The molecule has 2 aliphatic rings. The summed E-state index contributed by atoms with van der Waals surface area (Å²) in [4.78, 5) is 0. The molecule has 0 aliphatic carbocycles. The monoisotopic (exact) mass is 482 g/mol. The molecule has 0 aromatic heterocycles. The molecule has 2 aliphatic heterocycles. The van der Waals surface area contributed by atoms with Crippen molar-refractivity contribution in [3.8, 4) is 18.2 Å². The SMILES string of the molecule is CC1C2(c3ccc(F)cc3)OC(=N)C1(C#N)C(C#N)(C#N)C(c1ccc(Br)cc1F)O2. The molecular formula is C22H13BrF2N4O2. The van der Waals surface area contributed by atoms with Crippen LogP contribution in [0.4, 0.5) is 8.78 Å². The number of nitrogens with zero attached hydrogens (tertiary/aromatic N) is 3. The lowest BCUT2D eigenvalue weighted by atomic mass is 9.53. The summed E-state index contributed by atoms with van der Waals surface area (Å²) in [5.41, 5.74) is -4.21. The van der Waals surface area contributed by atoms with Gasteiger partial charge >= 0.3 is 0 Å². The Morgan fingerprint density at radius 1 is 1.03 bits per heavy atom. The number of benzene rings is 2.